The van der Waals surface area contributed by atoms with Crippen molar-refractivity contribution in [1.82, 2.24) is 15.0 Å². The van der Waals surface area contributed by atoms with Crippen LogP contribution in [0, 0.1) is 0 Å². The van der Waals surface area contributed by atoms with Gasteiger partial charge in [-0.15, -0.1) is 0 Å². The molecule has 0 atom stereocenters. The molecule has 0 aliphatic rings. The summed E-state index contributed by atoms with van der Waals surface area (Å²) >= 11 is 0. The van der Waals surface area contributed by atoms with Crippen molar-refractivity contribution in [3.05, 3.63) is 122 Å². The van der Waals surface area contributed by atoms with E-state index in [9.17, 15) is 0 Å². The topological polar surface area (TPSA) is 41.9 Å². The third-order valence-corrected chi connectivity index (χ3v) is 5.84. The van der Waals surface area contributed by atoms with Gasteiger partial charge in [0, 0.05) is 45.8 Å². The van der Waals surface area contributed by atoms with Crippen molar-refractivity contribution in [3.63, 3.8) is 0 Å². The van der Waals surface area contributed by atoms with Crippen molar-refractivity contribution >= 4 is 38.9 Å². The van der Waals surface area contributed by atoms with Gasteiger partial charge in [0.25, 0.3) is 0 Å². The van der Waals surface area contributed by atoms with E-state index >= 15 is 0 Å². The third kappa shape index (κ3) is 3.48. The van der Waals surface area contributed by atoms with Crippen LogP contribution < -0.4 is 4.90 Å². The lowest BCUT2D eigenvalue weighted by Crippen LogP contribution is -2.09. The SMILES string of the molecule is c1ccc(N(c2ccccc2)c2ccc(-c3cc4ncccc4c4cncnc34)cc2)cc1. The fourth-order valence-electron chi connectivity index (χ4n) is 4.32. The molecule has 0 aliphatic heterocycles. The number of hydrogen-bond donors (Lipinski definition) is 0. The van der Waals surface area contributed by atoms with E-state index < -0.39 is 0 Å². The summed E-state index contributed by atoms with van der Waals surface area (Å²) in [5, 5.41) is 2.07. The molecule has 33 heavy (non-hydrogen) atoms. The van der Waals surface area contributed by atoms with Crippen molar-refractivity contribution < 1.29 is 0 Å². The zero-order valence-corrected chi connectivity index (χ0v) is 17.8. The van der Waals surface area contributed by atoms with Crippen LogP contribution in [0.2, 0.25) is 0 Å². The van der Waals surface area contributed by atoms with Crippen molar-refractivity contribution in [3.8, 4) is 11.1 Å². The second-order valence-corrected chi connectivity index (χ2v) is 7.83. The van der Waals surface area contributed by atoms with E-state index in [-0.39, 0.29) is 0 Å². The Morgan fingerprint density at radius 3 is 1.94 bits per heavy atom. The molecule has 6 aromatic rings. The first kappa shape index (κ1) is 19.1. The minimum Gasteiger partial charge on any atom is -0.311 e. The molecule has 2 heterocycles. The summed E-state index contributed by atoms with van der Waals surface area (Å²) in [6, 6.07) is 35.6. The second-order valence-electron chi connectivity index (χ2n) is 7.83. The van der Waals surface area contributed by atoms with Gasteiger partial charge in [0.05, 0.1) is 11.0 Å². The number of anilines is 3. The summed E-state index contributed by atoms with van der Waals surface area (Å²) in [5.74, 6) is 0. The molecule has 0 saturated carbocycles. The molecule has 0 fully saturated rings. The molecule has 4 nitrogen and oxygen atoms in total. The quantitative estimate of drug-likeness (QED) is 0.278. The number of rotatable bonds is 4. The van der Waals surface area contributed by atoms with Gasteiger partial charge in [0.2, 0.25) is 0 Å². The van der Waals surface area contributed by atoms with Gasteiger partial charge in [-0.05, 0) is 54.1 Å². The van der Waals surface area contributed by atoms with E-state index in [2.05, 4.69) is 105 Å². The van der Waals surface area contributed by atoms with Gasteiger partial charge in [-0.3, -0.25) is 4.98 Å². The molecule has 4 aromatic carbocycles. The lowest BCUT2D eigenvalue weighted by Gasteiger charge is -2.25. The highest BCUT2D eigenvalue weighted by molar-refractivity contribution is 6.10. The van der Waals surface area contributed by atoms with Crippen molar-refractivity contribution in [1.29, 1.82) is 0 Å². The predicted octanol–water partition coefficient (Wildman–Crippen LogP) is 7.31. The normalized spacial score (nSPS) is 11.0. The average Bonchev–Trinajstić information content (AvgIpc) is 2.90. The van der Waals surface area contributed by atoms with E-state index in [1.54, 1.807) is 6.33 Å². The van der Waals surface area contributed by atoms with E-state index in [0.29, 0.717) is 0 Å². The molecule has 0 spiro atoms. The summed E-state index contributed by atoms with van der Waals surface area (Å²) in [5.41, 5.74) is 7.34. The lowest BCUT2D eigenvalue weighted by atomic mass is 9.99. The van der Waals surface area contributed by atoms with E-state index in [1.165, 1.54) is 0 Å². The number of hydrogen-bond acceptors (Lipinski definition) is 4. The average molecular weight is 425 g/mol. The third-order valence-electron chi connectivity index (χ3n) is 5.84. The van der Waals surface area contributed by atoms with Crippen molar-refractivity contribution in [2.24, 2.45) is 0 Å². The number of para-hydroxylation sites is 2. The molecule has 0 N–H and O–H groups in total. The van der Waals surface area contributed by atoms with Gasteiger partial charge in [0.15, 0.2) is 0 Å². The molecular weight excluding hydrogens is 404 g/mol. The first-order chi connectivity index (χ1) is 16.4. The maximum atomic E-state index is 4.61. The van der Waals surface area contributed by atoms with Gasteiger partial charge in [0.1, 0.15) is 6.33 Å². The predicted molar refractivity (Wildman–Crippen MR) is 135 cm³/mol. The lowest BCUT2D eigenvalue weighted by molar-refractivity contribution is 1.22. The van der Waals surface area contributed by atoms with E-state index in [4.69, 9.17) is 0 Å². The molecule has 0 bridgehead atoms. The number of benzene rings is 4. The Hall–Kier alpha value is -4.57. The summed E-state index contributed by atoms with van der Waals surface area (Å²) in [6.45, 7) is 0. The molecule has 0 amide bonds. The summed E-state index contributed by atoms with van der Waals surface area (Å²) < 4.78 is 0. The van der Waals surface area contributed by atoms with Gasteiger partial charge < -0.3 is 4.90 Å². The van der Waals surface area contributed by atoms with Crippen LogP contribution in [0.4, 0.5) is 17.1 Å². The molecular formula is C29H20N4. The summed E-state index contributed by atoms with van der Waals surface area (Å²) in [6.07, 6.45) is 5.30. The number of fused-ring (bicyclic) bond motifs is 3. The largest absolute Gasteiger partial charge is 0.311 e. The monoisotopic (exact) mass is 424 g/mol. The smallest absolute Gasteiger partial charge is 0.116 e. The molecule has 0 radical (unpaired) electrons. The minimum absolute atomic E-state index is 0.932. The van der Waals surface area contributed by atoms with Crippen molar-refractivity contribution in [2.75, 3.05) is 4.90 Å². The number of aromatic nitrogens is 3. The molecule has 0 saturated heterocycles. The maximum Gasteiger partial charge on any atom is 0.116 e. The molecule has 0 aliphatic carbocycles. The number of pyridine rings is 1. The van der Waals surface area contributed by atoms with E-state index in [1.807, 2.05) is 30.6 Å². The Bertz CT molecular complexity index is 1510. The standard InChI is InChI=1S/C29H20N4/c1-3-8-22(9-4-1)33(23-10-5-2-6-11-23)24-15-13-21(14-16-24)26-18-28-25(12-7-17-31-28)27-19-30-20-32-29(26)27/h1-20H. The second kappa shape index (κ2) is 8.17. The highest BCUT2D eigenvalue weighted by Crippen LogP contribution is 2.37. The van der Waals surface area contributed by atoms with Crippen LogP contribution >= 0.6 is 0 Å². The first-order valence-electron chi connectivity index (χ1n) is 10.9. The van der Waals surface area contributed by atoms with Crippen LogP contribution in [0.25, 0.3) is 32.9 Å². The molecule has 0 unspecified atom stereocenters. The van der Waals surface area contributed by atoms with Crippen molar-refractivity contribution in [2.45, 2.75) is 0 Å². The Kier molecular flexibility index (Phi) is 4.74. The fourth-order valence-corrected chi connectivity index (χ4v) is 4.32. The fraction of sp³-hybridized carbons (Fsp3) is 0. The van der Waals surface area contributed by atoms with E-state index in [0.717, 1.165) is 50.0 Å². The highest BCUT2D eigenvalue weighted by atomic mass is 15.1. The van der Waals surface area contributed by atoms with Crippen LogP contribution in [0.3, 0.4) is 0 Å². The maximum absolute atomic E-state index is 4.61. The zero-order valence-electron chi connectivity index (χ0n) is 17.8. The number of nitrogens with zero attached hydrogens (tertiary/aromatic N) is 4. The zero-order chi connectivity index (χ0) is 22.0. The van der Waals surface area contributed by atoms with Gasteiger partial charge >= 0.3 is 0 Å². The van der Waals surface area contributed by atoms with Gasteiger partial charge in [-0.1, -0.05) is 54.6 Å². The highest BCUT2D eigenvalue weighted by Gasteiger charge is 2.14. The molecule has 6 rings (SSSR count). The molecule has 4 heteroatoms. The Balaban J connectivity index is 1.49. The first-order valence-corrected chi connectivity index (χ1v) is 10.9. The van der Waals surface area contributed by atoms with Crippen LogP contribution in [-0.2, 0) is 0 Å². The van der Waals surface area contributed by atoms with Crippen LogP contribution in [0.1, 0.15) is 0 Å². The molecule has 2 aromatic heterocycles. The van der Waals surface area contributed by atoms with Crippen LogP contribution in [0.5, 0.6) is 0 Å². The Morgan fingerprint density at radius 1 is 0.576 bits per heavy atom. The van der Waals surface area contributed by atoms with Gasteiger partial charge in [-0.2, -0.15) is 0 Å². The summed E-state index contributed by atoms with van der Waals surface area (Å²) in [7, 11) is 0. The Labute approximate surface area is 191 Å². The minimum atomic E-state index is 0.932. The van der Waals surface area contributed by atoms with Crippen LogP contribution in [0.15, 0.2) is 122 Å². The summed E-state index contributed by atoms with van der Waals surface area (Å²) in [4.78, 5) is 15.7. The van der Waals surface area contributed by atoms with Gasteiger partial charge in [-0.25, -0.2) is 9.97 Å². The Morgan fingerprint density at radius 2 is 1.24 bits per heavy atom. The van der Waals surface area contributed by atoms with Crippen LogP contribution in [-0.4, -0.2) is 15.0 Å². The molecule has 156 valence electrons.